The van der Waals surface area contributed by atoms with Gasteiger partial charge in [0, 0.05) is 23.7 Å². The SMILES string of the molecule is Cc1cn2c(CN3CCC[C@H]3C[C@H](O)c3ccco3)c(C)nc2s1. The molecule has 3 aromatic rings. The van der Waals surface area contributed by atoms with Crippen molar-refractivity contribution in [1.82, 2.24) is 14.3 Å². The van der Waals surface area contributed by atoms with Gasteiger partial charge in [-0.1, -0.05) is 0 Å². The van der Waals surface area contributed by atoms with E-state index >= 15 is 0 Å². The Bertz CT molecular complexity index is 821. The van der Waals surface area contributed by atoms with Crippen LogP contribution in [-0.4, -0.2) is 32.0 Å². The largest absolute Gasteiger partial charge is 0.467 e. The van der Waals surface area contributed by atoms with Crippen molar-refractivity contribution in [2.24, 2.45) is 0 Å². The molecule has 4 rings (SSSR count). The van der Waals surface area contributed by atoms with E-state index in [2.05, 4.69) is 29.3 Å². The van der Waals surface area contributed by atoms with E-state index < -0.39 is 6.10 Å². The molecular formula is C18H23N3O2S. The summed E-state index contributed by atoms with van der Waals surface area (Å²) >= 11 is 1.74. The molecule has 2 atom stereocenters. The van der Waals surface area contributed by atoms with Crippen LogP contribution in [0.15, 0.2) is 29.0 Å². The van der Waals surface area contributed by atoms with Gasteiger partial charge in [-0.05, 0) is 51.8 Å². The summed E-state index contributed by atoms with van der Waals surface area (Å²) < 4.78 is 7.57. The van der Waals surface area contributed by atoms with E-state index in [1.54, 1.807) is 17.6 Å². The van der Waals surface area contributed by atoms with Crippen LogP contribution < -0.4 is 0 Å². The third kappa shape index (κ3) is 2.90. The molecule has 0 spiro atoms. The van der Waals surface area contributed by atoms with Crippen molar-refractivity contribution in [2.45, 2.75) is 51.8 Å². The highest BCUT2D eigenvalue weighted by molar-refractivity contribution is 7.17. The lowest BCUT2D eigenvalue weighted by atomic mass is 10.0. The number of aliphatic hydroxyl groups excluding tert-OH is 1. The molecule has 4 heterocycles. The first kappa shape index (κ1) is 15.9. The van der Waals surface area contributed by atoms with Gasteiger partial charge in [-0.3, -0.25) is 9.30 Å². The van der Waals surface area contributed by atoms with Crippen molar-refractivity contribution in [3.05, 3.63) is 46.6 Å². The van der Waals surface area contributed by atoms with Crippen molar-refractivity contribution in [1.29, 1.82) is 0 Å². The highest BCUT2D eigenvalue weighted by atomic mass is 32.1. The maximum absolute atomic E-state index is 10.4. The lowest BCUT2D eigenvalue weighted by Gasteiger charge is -2.25. The summed E-state index contributed by atoms with van der Waals surface area (Å²) in [5.41, 5.74) is 2.38. The monoisotopic (exact) mass is 345 g/mol. The van der Waals surface area contributed by atoms with E-state index in [0.29, 0.717) is 11.8 Å². The molecule has 0 unspecified atom stereocenters. The first-order chi connectivity index (χ1) is 11.6. The average molecular weight is 345 g/mol. The van der Waals surface area contributed by atoms with Gasteiger partial charge >= 0.3 is 0 Å². The molecule has 1 aliphatic rings. The lowest BCUT2D eigenvalue weighted by Crippen LogP contribution is -2.31. The second kappa shape index (κ2) is 6.35. The first-order valence-electron chi connectivity index (χ1n) is 8.51. The van der Waals surface area contributed by atoms with Crippen molar-refractivity contribution in [2.75, 3.05) is 6.54 Å². The fourth-order valence-electron chi connectivity index (χ4n) is 3.72. The minimum Gasteiger partial charge on any atom is -0.467 e. The number of imidazole rings is 1. The molecule has 1 fully saturated rings. The number of likely N-dealkylation sites (tertiary alicyclic amines) is 1. The normalized spacial score (nSPS) is 20.2. The van der Waals surface area contributed by atoms with Crippen molar-refractivity contribution >= 4 is 16.3 Å². The van der Waals surface area contributed by atoms with Gasteiger partial charge in [0.25, 0.3) is 0 Å². The molecule has 0 amide bonds. The lowest BCUT2D eigenvalue weighted by molar-refractivity contribution is 0.0990. The van der Waals surface area contributed by atoms with E-state index in [-0.39, 0.29) is 0 Å². The Labute approximate surface area is 145 Å². The van der Waals surface area contributed by atoms with Gasteiger partial charge in [-0.2, -0.15) is 0 Å². The van der Waals surface area contributed by atoms with Crippen LogP contribution in [0.3, 0.4) is 0 Å². The predicted molar refractivity (Wildman–Crippen MR) is 94.3 cm³/mol. The maximum Gasteiger partial charge on any atom is 0.194 e. The molecule has 24 heavy (non-hydrogen) atoms. The summed E-state index contributed by atoms with van der Waals surface area (Å²) in [6.07, 6.45) is 6.30. The molecule has 0 bridgehead atoms. The van der Waals surface area contributed by atoms with Gasteiger partial charge in [0.2, 0.25) is 0 Å². The average Bonchev–Trinajstić information content (AvgIpc) is 3.28. The van der Waals surface area contributed by atoms with Gasteiger partial charge < -0.3 is 9.52 Å². The number of aryl methyl sites for hydroxylation is 2. The number of aliphatic hydroxyl groups is 1. The Kier molecular flexibility index (Phi) is 4.20. The van der Waals surface area contributed by atoms with Crippen LogP contribution in [0.5, 0.6) is 0 Å². The number of aromatic nitrogens is 2. The summed E-state index contributed by atoms with van der Waals surface area (Å²) in [6.45, 7) is 6.17. The van der Waals surface area contributed by atoms with E-state index in [9.17, 15) is 5.11 Å². The predicted octanol–water partition coefficient (Wildman–Crippen LogP) is 3.69. The van der Waals surface area contributed by atoms with Crippen molar-refractivity contribution < 1.29 is 9.52 Å². The fraction of sp³-hybridized carbons (Fsp3) is 0.500. The highest BCUT2D eigenvalue weighted by Gasteiger charge is 2.29. The van der Waals surface area contributed by atoms with Crippen LogP contribution in [-0.2, 0) is 6.54 Å². The van der Waals surface area contributed by atoms with Crippen LogP contribution >= 0.6 is 11.3 Å². The smallest absolute Gasteiger partial charge is 0.194 e. The van der Waals surface area contributed by atoms with Crippen LogP contribution in [0, 0.1) is 13.8 Å². The van der Waals surface area contributed by atoms with Gasteiger partial charge in [-0.25, -0.2) is 4.98 Å². The number of fused-ring (bicyclic) bond motifs is 1. The van der Waals surface area contributed by atoms with Gasteiger partial charge in [-0.15, -0.1) is 11.3 Å². The minimum absolute atomic E-state index is 0.384. The molecule has 1 saturated heterocycles. The van der Waals surface area contributed by atoms with Crippen molar-refractivity contribution in [3.8, 4) is 0 Å². The number of nitrogens with zero attached hydrogens (tertiary/aromatic N) is 3. The van der Waals surface area contributed by atoms with E-state index in [4.69, 9.17) is 9.40 Å². The number of hydrogen-bond donors (Lipinski definition) is 1. The molecule has 0 aromatic carbocycles. The molecule has 5 nitrogen and oxygen atoms in total. The number of hydrogen-bond acceptors (Lipinski definition) is 5. The molecule has 0 radical (unpaired) electrons. The summed E-state index contributed by atoms with van der Waals surface area (Å²) in [5.74, 6) is 0.665. The van der Waals surface area contributed by atoms with Gasteiger partial charge in [0.1, 0.15) is 11.9 Å². The zero-order valence-corrected chi connectivity index (χ0v) is 14.9. The number of rotatable bonds is 5. The number of thiazole rings is 1. The summed E-state index contributed by atoms with van der Waals surface area (Å²) in [5, 5.41) is 10.4. The maximum atomic E-state index is 10.4. The third-order valence-electron chi connectivity index (χ3n) is 4.96. The Balaban J connectivity index is 1.51. The minimum atomic E-state index is -0.527. The van der Waals surface area contributed by atoms with Gasteiger partial charge in [0.05, 0.1) is 17.7 Å². The third-order valence-corrected chi connectivity index (χ3v) is 5.86. The Morgan fingerprint density at radius 2 is 2.33 bits per heavy atom. The van der Waals surface area contributed by atoms with E-state index in [0.717, 1.165) is 36.6 Å². The van der Waals surface area contributed by atoms with E-state index in [1.165, 1.54) is 17.0 Å². The van der Waals surface area contributed by atoms with Crippen molar-refractivity contribution in [3.63, 3.8) is 0 Å². The Morgan fingerprint density at radius 1 is 1.46 bits per heavy atom. The zero-order chi connectivity index (χ0) is 16.7. The summed E-state index contributed by atoms with van der Waals surface area (Å²) in [7, 11) is 0. The molecule has 0 aliphatic carbocycles. The van der Waals surface area contributed by atoms with Crippen LogP contribution in [0.2, 0.25) is 0 Å². The highest BCUT2D eigenvalue weighted by Crippen LogP contribution is 2.30. The molecule has 128 valence electrons. The Morgan fingerprint density at radius 3 is 3.12 bits per heavy atom. The Hall–Kier alpha value is -1.63. The molecule has 0 saturated carbocycles. The molecule has 1 N–H and O–H groups in total. The molecule has 1 aliphatic heterocycles. The second-order valence-electron chi connectivity index (χ2n) is 6.67. The standard InChI is InChI=1S/C18H23N3O2S/c1-12-10-21-15(13(2)19-18(21)24-12)11-20-7-3-5-14(20)9-16(22)17-6-4-8-23-17/h4,6,8,10,14,16,22H,3,5,7,9,11H2,1-2H3/t14-,16-/m0/s1. The molecule has 3 aromatic heterocycles. The van der Waals surface area contributed by atoms with Gasteiger partial charge in [0.15, 0.2) is 4.96 Å². The summed E-state index contributed by atoms with van der Waals surface area (Å²) in [6, 6.07) is 4.06. The van der Waals surface area contributed by atoms with Crippen LogP contribution in [0.1, 0.15) is 47.4 Å². The molecule has 6 heteroatoms. The second-order valence-corrected chi connectivity index (χ2v) is 7.88. The topological polar surface area (TPSA) is 53.9 Å². The first-order valence-corrected chi connectivity index (χ1v) is 9.33. The zero-order valence-electron chi connectivity index (χ0n) is 14.1. The summed E-state index contributed by atoms with van der Waals surface area (Å²) in [4.78, 5) is 9.53. The quantitative estimate of drug-likeness (QED) is 0.766. The fourth-order valence-corrected chi connectivity index (χ4v) is 4.61. The van der Waals surface area contributed by atoms with E-state index in [1.807, 2.05) is 12.1 Å². The van der Waals surface area contributed by atoms with Crippen LogP contribution in [0.4, 0.5) is 0 Å². The van der Waals surface area contributed by atoms with Crippen LogP contribution in [0.25, 0.3) is 4.96 Å². The molecular weight excluding hydrogens is 322 g/mol. The number of furan rings is 1.